The van der Waals surface area contributed by atoms with E-state index in [1.165, 1.54) is 25.1 Å². The van der Waals surface area contributed by atoms with Crippen molar-refractivity contribution in [3.63, 3.8) is 0 Å². The lowest BCUT2D eigenvalue weighted by atomic mass is 9.86. The van der Waals surface area contributed by atoms with Crippen LogP contribution < -0.4 is 10.2 Å². The summed E-state index contributed by atoms with van der Waals surface area (Å²) in [4.78, 5) is 2.56. The SMILES string of the molecule is CCCNC1CCN(c2ccsc2)C(C)C1C. The van der Waals surface area contributed by atoms with E-state index in [9.17, 15) is 0 Å². The van der Waals surface area contributed by atoms with Gasteiger partial charge in [0.05, 0.1) is 0 Å². The van der Waals surface area contributed by atoms with Gasteiger partial charge in [0, 0.05) is 29.7 Å². The fraction of sp³-hybridized carbons (Fsp3) is 0.714. The Kier molecular flexibility index (Phi) is 4.46. The second-order valence-electron chi connectivity index (χ2n) is 5.12. The molecule has 17 heavy (non-hydrogen) atoms. The zero-order valence-corrected chi connectivity index (χ0v) is 12.0. The van der Waals surface area contributed by atoms with Crippen LogP contribution in [0, 0.1) is 5.92 Å². The Morgan fingerprint density at radius 3 is 2.94 bits per heavy atom. The van der Waals surface area contributed by atoms with E-state index in [1.54, 1.807) is 11.3 Å². The molecule has 1 aliphatic rings. The summed E-state index contributed by atoms with van der Waals surface area (Å²) in [7, 11) is 0. The van der Waals surface area contributed by atoms with Gasteiger partial charge in [-0.05, 0) is 43.7 Å². The lowest BCUT2D eigenvalue weighted by Gasteiger charge is -2.44. The van der Waals surface area contributed by atoms with E-state index < -0.39 is 0 Å². The first-order chi connectivity index (χ1) is 8.24. The molecule has 2 rings (SSSR count). The van der Waals surface area contributed by atoms with Crippen LogP contribution in [0.15, 0.2) is 16.8 Å². The molecule has 0 aromatic carbocycles. The number of hydrogen-bond donors (Lipinski definition) is 1. The molecule has 0 bridgehead atoms. The molecular weight excluding hydrogens is 228 g/mol. The van der Waals surface area contributed by atoms with Gasteiger partial charge in [-0.25, -0.2) is 0 Å². The number of thiophene rings is 1. The highest BCUT2D eigenvalue weighted by Gasteiger charge is 2.32. The number of anilines is 1. The maximum atomic E-state index is 3.69. The van der Waals surface area contributed by atoms with Crippen molar-refractivity contribution in [2.24, 2.45) is 5.92 Å². The lowest BCUT2D eigenvalue weighted by Crippen LogP contribution is -2.53. The van der Waals surface area contributed by atoms with Gasteiger partial charge in [-0.3, -0.25) is 0 Å². The van der Waals surface area contributed by atoms with E-state index >= 15 is 0 Å². The molecule has 1 aliphatic heterocycles. The molecule has 2 nitrogen and oxygen atoms in total. The summed E-state index contributed by atoms with van der Waals surface area (Å²) in [6.45, 7) is 9.32. The average Bonchev–Trinajstić information content (AvgIpc) is 2.85. The monoisotopic (exact) mass is 252 g/mol. The molecule has 1 N–H and O–H groups in total. The number of nitrogens with zero attached hydrogens (tertiary/aromatic N) is 1. The van der Waals surface area contributed by atoms with Crippen molar-refractivity contribution in [2.75, 3.05) is 18.0 Å². The van der Waals surface area contributed by atoms with Crippen LogP contribution in [0.2, 0.25) is 0 Å². The molecule has 0 amide bonds. The Balaban J connectivity index is 1.98. The van der Waals surface area contributed by atoms with Crippen LogP contribution in [0.3, 0.4) is 0 Å². The van der Waals surface area contributed by atoms with Crippen LogP contribution in [-0.4, -0.2) is 25.2 Å². The van der Waals surface area contributed by atoms with Crippen molar-refractivity contribution in [3.05, 3.63) is 16.8 Å². The Bertz CT molecular complexity index is 323. The van der Waals surface area contributed by atoms with Crippen LogP contribution in [0.1, 0.15) is 33.6 Å². The predicted octanol–water partition coefficient (Wildman–Crippen LogP) is 3.35. The molecule has 0 spiro atoms. The summed E-state index contributed by atoms with van der Waals surface area (Å²) in [6.07, 6.45) is 2.49. The fourth-order valence-electron chi connectivity index (χ4n) is 2.77. The van der Waals surface area contributed by atoms with E-state index in [0.717, 1.165) is 12.5 Å². The van der Waals surface area contributed by atoms with Crippen molar-refractivity contribution >= 4 is 17.0 Å². The molecule has 1 saturated heterocycles. The Hall–Kier alpha value is -0.540. The minimum Gasteiger partial charge on any atom is -0.368 e. The largest absolute Gasteiger partial charge is 0.368 e. The summed E-state index contributed by atoms with van der Waals surface area (Å²) < 4.78 is 0. The third kappa shape index (κ3) is 2.83. The van der Waals surface area contributed by atoms with Crippen molar-refractivity contribution < 1.29 is 0 Å². The minimum atomic E-state index is 0.632. The van der Waals surface area contributed by atoms with Crippen LogP contribution in [0.5, 0.6) is 0 Å². The maximum absolute atomic E-state index is 3.69. The summed E-state index contributed by atoms with van der Waals surface area (Å²) in [5, 5.41) is 8.13. The highest BCUT2D eigenvalue weighted by molar-refractivity contribution is 7.08. The van der Waals surface area contributed by atoms with Crippen molar-refractivity contribution in [2.45, 2.75) is 45.7 Å². The van der Waals surface area contributed by atoms with E-state index in [1.807, 2.05) is 0 Å². The quantitative estimate of drug-likeness (QED) is 0.884. The molecule has 1 aromatic heterocycles. The molecule has 1 fully saturated rings. The summed E-state index contributed by atoms with van der Waals surface area (Å²) in [5.74, 6) is 0.718. The molecule has 3 atom stereocenters. The second kappa shape index (κ2) is 5.87. The minimum absolute atomic E-state index is 0.632. The van der Waals surface area contributed by atoms with E-state index in [4.69, 9.17) is 0 Å². The zero-order chi connectivity index (χ0) is 12.3. The van der Waals surface area contributed by atoms with E-state index in [2.05, 4.69) is 47.8 Å². The molecule has 3 heteroatoms. The van der Waals surface area contributed by atoms with Gasteiger partial charge in [-0.15, -0.1) is 0 Å². The van der Waals surface area contributed by atoms with Crippen LogP contribution >= 0.6 is 11.3 Å². The molecule has 2 heterocycles. The molecule has 3 unspecified atom stereocenters. The van der Waals surface area contributed by atoms with E-state index in [0.29, 0.717) is 12.1 Å². The van der Waals surface area contributed by atoms with Crippen molar-refractivity contribution in [3.8, 4) is 0 Å². The standard InChI is InChI=1S/C14H24N2S/c1-4-7-15-14-5-8-16(12(3)11(14)2)13-6-9-17-10-13/h6,9-12,14-15H,4-5,7-8H2,1-3H3. The summed E-state index contributed by atoms with van der Waals surface area (Å²) in [5.41, 5.74) is 1.41. The third-order valence-corrected chi connectivity index (χ3v) is 4.73. The first kappa shape index (κ1) is 12.9. The van der Waals surface area contributed by atoms with Crippen molar-refractivity contribution in [1.29, 1.82) is 0 Å². The van der Waals surface area contributed by atoms with Crippen LogP contribution in [-0.2, 0) is 0 Å². The molecule has 0 radical (unpaired) electrons. The molecule has 1 aromatic rings. The zero-order valence-electron chi connectivity index (χ0n) is 11.1. The Morgan fingerprint density at radius 1 is 1.47 bits per heavy atom. The van der Waals surface area contributed by atoms with Crippen LogP contribution in [0.25, 0.3) is 0 Å². The van der Waals surface area contributed by atoms with Gasteiger partial charge in [0.15, 0.2) is 0 Å². The van der Waals surface area contributed by atoms with Crippen molar-refractivity contribution in [1.82, 2.24) is 5.32 Å². The maximum Gasteiger partial charge on any atom is 0.0477 e. The first-order valence-electron chi connectivity index (χ1n) is 6.76. The van der Waals surface area contributed by atoms with Gasteiger partial charge in [0.1, 0.15) is 0 Å². The fourth-order valence-corrected chi connectivity index (χ4v) is 3.42. The third-order valence-electron chi connectivity index (χ3n) is 4.06. The van der Waals surface area contributed by atoms with Gasteiger partial charge in [0.2, 0.25) is 0 Å². The number of nitrogens with one attached hydrogen (secondary N) is 1. The normalized spacial score (nSPS) is 29.6. The lowest BCUT2D eigenvalue weighted by molar-refractivity contribution is 0.271. The first-order valence-corrected chi connectivity index (χ1v) is 7.70. The predicted molar refractivity (Wildman–Crippen MR) is 77.0 cm³/mol. The molecule has 0 saturated carbocycles. The molecular formula is C14H24N2S. The van der Waals surface area contributed by atoms with Gasteiger partial charge in [0.25, 0.3) is 0 Å². The van der Waals surface area contributed by atoms with Gasteiger partial charge in [-0.1, -0.05) is 13.8 Å². The highest BCUT2D eigenvalue weighted by atomic mass is 32.1. The topological polar surface area (TPSA) is 15.3 Å². The van der Waals surface area contributed by atoms with Gasteiger partial charge in [-0.2, -0.15) is 11.3 Å². The average molecular weight is 252 g/mol. The molecule has 0 aliphatic carbocycles. The second-order valence-corrected chi connectivity index (χ2v) is 5.90. The van der Waals surface area contributed by atoms with Gasteiger partial charge >= 0.3 is 0 Å². The number of rotatable bonds is 4. The Morgan fingerprint density at radius 2 is 2.29 bits per heavy atom. The van der Waals surface area contributed by atoms with Gasteiger partial charge < -0.3 is 10.2 Å². The van der Waals surface area contributed by atoms with Crippen LogP contribution in [0.4, 0.5) is 5.69 Å². The number of piperidine rings is 1. The summed E-state index contributed by atoms with van der Waals surface area (Å²) in [6, 6.07) is 3.57. The highest BCUT2D eigenvalue weighted by Crippen LogP contribution is 2.30. The number of hydrogen-bond acceptors (Lipinski definition) is 3. The van der Waals surface area contributed by atoms with E-state index in [-0.39, 0.29) is 0 Å². The molecule has 96 valence electrons. The summed E-state index contributed by atoms with van der Waals surface area (Å²) >= 11 is 1.79. The Labute approximate surface area is 109 Å². The smallest absolute Gasteiger partial charge is 0.0477 e.